The van der Waals surface area contributed by atoms with Gasteiger partial charge in [-0.2, -0.15) is 18.3 Å². The predicted octanol–water partition coefficient (Wildman–Crippen LogP) is 5.22. The second-order valence-corrected chi connectivity index (χ2v) is 8.52. The van der Waals surface area contributed by atoms with Gasteiger partial charge < -0.3 is 15.1 Å². The van der Waals surface area contributed by atoms with Gasteiger partial charge in [-0.15, -0.1) is 0 Å². The normalized spacial score (nSPS) is 14.0. The fourth-order valence-corrected chi connectivity index (χ4v) is 4.18. The average Bonchev–Trinajstić information content (AvgIpc) is 3.47. The predicted molar refractivity (Wildman–Crippen MR) is 120 cm³/mol. The van der Waals surface area contributed by atoms with Gasteiger partial charge in [0.1, 0.15) is 5.58 Å². The highest BCUT2D eigenvalue weighted by Gasteiger charge is 2.41. The Morgan fingerprint density at radius 1 is 1.34 bits per heavy atom. The van der Waals surface area contributed by atoms with Crippen LogP contribution in [0.2, 0.25) is 5.02 Å². The van der Waals surface area contributed by atoms with Crippen LogP contribution in [0.15, 0.2) is 33.5 Å². The minimum atomic E-state index is -4.58. The molecular weight excluding hydrogens is 465 g/mol. The standard InChI is InChI=1S/C21H20ClF3N4O2S/c1-11-9-16(30)31-15-10-13(5-6-14(11)15)27-20(32)26-7-2-8-29-18(12-3-4-12)17(22)19(28-29)21(23,24)25/h5-6,9-10,12H,2-4,7-8H2,1H3,(H2,26,27,32). The summed E-state index contributed by atoms with van der Waals surface area (Å²) in [6.07, 6.45) is -2.43. The largest absolute Gasteiger partial charge is 0.436 e. The van der Waals surface area contributed by atoms with Gasteiger partial charge in [-0.05, 0) is 56.1 Å². The van der Waals surface area contributed by atoms with Gasteiger partial charge in [-0.1, -0.05) is 11.6 Å². The zero-order chi connectivity index (χ0) is 23.0. The smallest absolute Gasteiger partial charge is 0.423 e. The number of hydrogen-bond acceptors (Lipinski definition) is 4. The van der Waals surface area contributed by atoms with Crippen LogP contribution in [0.1, 0.15) is 42.1 Å². The maximum atomic E-state index is 13.1. The van der Waals surface area contributed by atoms with Gasteiger partial charge in [0.25, 0.3) is 0 Å². The van der Waals surface area contributed by atoms with E-state index in [1.165, 1.54) is 10.7 Å². The number of rotatable bonds is 6. The molecule has 6 nitrogen and oxygen atoms in total. The molecule has 0 unspecified atom stereocenters. The summed E-state index contributed by atoms with van der Waals surface area (Å²) >= 11 is 11.3. The fourth-order valence-electron chi connectivity index (χ4n) is 3.56. The van der Waals surface area contributed by atoms with E-state index in [0.29, 0.717) is 35.0 Å². The lowest BCUT2D eigenvalue weighted by Crippen LogP contribution is -2.30. The van der Waals surface area contributed by atoms with Crippen LogP contribution in [0.4, 0.5) is 18.9 Å². The Labute approximate surface area is 191 Å². The van der Waals surface area contributed by atoms with E-state index in [9.17, 15) is 18.0 Å². The maximum Gasteiger partial charge on any atom is 0.436 e. The van der Waals surface area contributed by atoms with Gasteiger partial charge in [0, 0.05) is 42.2 Å². The Morgan fingerprint density at radius 3 is 2.78 bits per heavy atom. The first-order chi connectivity index (χ1) is 15.1. The maximum absolute atomic E-state index is 13.1. The SMILES string of the molecule is Cc1cc(=O)oc2cc(NC(=S)NCCCn3nc(C(F)(F)F)c(Cl)c3C3CC3)ccc12. The van der Waals surface area contributed by atoms with Gasteiger partial charge >= 0.3 is 11.8 Å². The van der Waals surface area contributed by atoms with Crippen LogP contribution < -0.4 is 16.3 Å². The molecule has 11 heteroatoms. The Balaban J connectivity index is 1.34. The number of aryl methyl sites for hydroxylation is 2. The number of aromatic nitrogens is 2. The molecule has 32 heavy (non-hydrogen) atoms. The molecule has 3 aromatic rings. The zero-order valence-electron chi connectivity index (χ0n) is 17.1. The number of nitrogens with one attached hydrogen (secondary N) is 2. The Kier molecular flexibility index (Phi) is 6.17. The lowest BCUT2D eigenvalue weighted by molar-refractivity contribution is -0.141. The molecule has 0 aliphatic heterocycles. The molecule has 0 atom stereocenters. The third-order valence-corrected chi connectivity index (χ3v) is 5.82. The topological polar surface area (TPSA) is 72.1 Å². The molecule has 1 aliphatic carbocycles. The minimum absolute atomic E-state index is 0.0402. The molecule has 1 fully saturated rings. The Bertz CT molecular complexity index is 1230. The van der Waals surface area contributed by atoms with E-state index >= 15 is 0 Å². The highest BCUT2D eigenvalue weighted by molar-refractivity contribution is 7.80. The van der Waals surface area contributed by atoms with Gasteiger partial charge in [0.2, 0.25) is 0 Å². The van der Waals surface area contributed by atoms with E-state index in [4.69, 9.17) is 28.2 Å². The van der Waals surface area contributed by atoms with Gasteiger partial charge in [0.15, 0.2) is 10.8 Å². The summed E-state index contributed by atoms with van der Waals surface area (Å²) in [5.41, 5.74) is 0.934. The second kappa shape index (κ2) is 8.74. The van der Waals surface area contributed by atoms with Crippen molar-refractivity contribution in [2.24, 2.45) is 0 Å². The average molecular weight is 485 g/mol. The molecule has 0 spiro atoms. The molecule has 170 valence electrons. The lowest BCUT2D eigenvalue weighted by atomic mass is 10.1. The summed E-state index contributed by atoms with van der Waals surface area (Å²) < 4.78 is 46.0. The van der Waals surface area contributed by atoms with Crippen molar-refractivity contribution >= 4 is 45.6 Å². The quantitative estimate of drug-likeness (QED) is 0.284. The molecule has 0 amide bonds. The van der Waals surface area contributed by atoms with Crippen molar-refractivity contribution in [3.8, 4) is 0 Å². The summed E-state index contributed by atoms with van der Waals surface area (Å²) in [5, 5.41) is 10.6. The molecule has 0 bridgehead atoms. The van der Waals surface area contributed by atoms with Crippen molar-refractivity contribution < 1.29 is 17.6 Å². The highest BCUT2D eigenvalue weighted by atomic mass is 35.5. The Morgan fingerprint density at radius 2 is 2.09 bits per heavy atom. The number of hydrogen-bond donors (Lipinski definition) is 2. The fraction of sp³-hybridized carbons (Fsp3) is 0.381. The van der Waals surface area contributed by atoms with Crippen LogP contribution >= 0.6 is 23.8 Å². The number of alkyl halides is 3. The number of benzene rings is 1. The van der Waals surface area contributed by atoms with Gasteiger partial charge in [0.05, 0.1) is 10.7 Å². The summed E-state index contributed by atoms with van der Waals surface area (Å²) in [5.74, 6) is 0.0402. The number of thiocarbonyl (C=S) groups is 1. The number of halogens is 4. The van der Waals surface area contributed by atoms with Crippen molar-refractivity contribution in [2.45, 2.75) is 44.8 Å². The molecule has 2 N–H and O–H groups in total. The summed E-state index contributed by atoms with van der Waals surface area (Å²) in [4.78, 5) is 11.6. The summed E-state index contributed by atoms with van der Waals surface area (Å²) in [6.45, 7) is 2.55. The Hall–Kier alpha value is -2.59. The van der Waals surface area contributed by atoms with Gasteiger partial charge in [-0.3, -0.25) is 4.68 Å². The lowest BCUT2D eigenvalue weighted by Gasteiger charge is -2.12. The number of nitrogens with zero attached hydrogens (tertiary/aromatic N) is 2. The monoisotopic (exact) mass is 484 g/mol. The zero-order valence-corrected chi connectivity index (χ0v) is 18.6. The van der Waals surface area contributed by atoms with Crippen molar-refractivity contribution in [3.63, 3.8) is 0 Å². The number of anilines is 1. The highest BCUT2D eigenvalue weighted by Crippen LogP contribution is 2.46. The van der Waals surface area contributed by atoms with Crippen molar-refractivity contribution in [1.82, 2.24) is 15.1 Å². The van der Waals surface area contributed by atoms with Crippen LogP contribution in [0.25, 0.3) is 11.0 Å². The first-order valence-electron chi connectivity index (χ1n) is 10.1. The third kappa shape index (κ3) is 4.91. The van der Waals surface area contributed by atoms with Crippen LogP contribution in [-0.4, -0.2) is 21.4 Å². The van der Waals surface area contributed by atoms with Crippen LogP contribution in [0, 0.1) is 6.92 Å². The van der Waals surface area contributed by atoms with Crippen molar-refractivity contribution in [2.75, 3.05) is 11.9 Å². The molecule has 2 heterocycles. The molecule has 1 saturated carbocycles. The van der Waals surface area contributed by atoms with E-state index < -0.39 is 17.5 Å². The van der Waals surface area contributed by atoms with E-state index in [1.807, 2.05) is 19.1 Å². The first kappa shape index (κ1) is 22.6. The van der Waals surface area contributed by atoms with Crippen LogP contribution in [0.5, 0.6) is 0 Å². The van der Waals surface area contributed by atoms with Crippen LogP contribution in [0.3, 0.4) is 0 Å². The van der Waals surface area contributed by atoms with E-state index in [2.05, 4.69) is 15.7 Å². The molecule has 2 aromatic heterocycles. The molecule has 1 aliphatic rings. The van der Waals surface area contributed by atoms with E-state index in [0.717, 1.165) is 23.8 Å². The summed E-state index contributed by atoms with van der Waals surface area (Å²) in [6, 6.07) is 6.76. The van der Waals surface area contributed by atoms with E-state index in [1.54, 1.807) is 6.07 Å². The van der Waals surface area contributed by atoms with Gasteiger partial charge in [-0.25, -0.2) is 4.79 Å². The molecule has 4 rings (SSSR count). The third-order valence-electron chi connectivity index (χ3n) is 5.21. The minimum Gasteiger partial charge on any atom is -0.423 e. The van der Waals surface area contributed by atoms with Crippen LogP contribution in [-0.2, 0) is 12.7 Å². The number of fused-ring (bicyclic) bond motifs is 1. The molecule has 1 aromatic carbocycles. The molecular formula is C21H20ClF3N4O2S. The van der Waals surface area contributed by atoms with Crippen molar-refractivity contribution in [1.29, 1.82) is 0 Å². The first-order valence-corrected chi connectivity index (χ1v) is 10.8. The summed E-state index contributed by atoms with van der Waals surface area (Å²) in [7, 11) is 0. The molecule has 0 radical (unpaired) electrons. The molecule has 0 saturated heterocycles. The van der Waals surface area contributed by atoms with Crippen molar-refractivity contribution in [3.05, 3.63) is 56.7 Å². The van der Waals surface area contributed by atoms with E-state index in [-0.39, 0.29) is 17.5 Å². The second-order valence-electron chi connectivity index (χ2n) is 7.74.